The first-order chi connectivity index (χ1) is 8.79. The largest absolute Gasteiger partial charge is 0.332 e. The van der Waals surface area contributed by atoms with Gasteiger partial charge in [-0.25, -0.2) is 0 Å². The van der Waals surface area contributed by atoms with Crippen LogP contribution in [-0.2, 0) is 20.1 Å². The highest BCUT2D eigenvalue weighted by atomic mass is 16.8. The highest BCUT2D eigenvalue weighted by Crippen LogP contribution is 2.48. The Bertz CT molecular complexity index is 500. The molecule has 0 unspecified atom stereocenters. The van der Waals surface area contributed by atoms with Crippen LogP contribution < -0.4 is 5.32 Å². The summed E-state index contributed by atoms with van der Waals surface area (Å²) in [5.41, 5.74) is 1.63. The SMILES string of the molecule is O=C1Nc2ccccc2C12O[C@@H]1CCCC[C@H]1O2. The van der Waals surface area contributed by atoms with Crippen LogP contribution in [0.5, 0.6) is 0 Å². The van der Waals surface area contributed by atoms with Gasteiger partial charge in [-0.05, 0) is 18.9 Å². The molecule has 2 atom stereocenters. The van der Waals surface area contributed by atoms with E-state index in [2.05, 4.69) is 5.32 Å². The van der Waals surface area contributed by atoms with Crippen LogP contribution in [0.25, 0.3) is 0 Å². The summed E-state index contributed by atoms with van der Waals surface area (Å²) in [6.07, 6.45) is 4.42. The summed E-state index contributed by atoms with van der Waals surface area (Å²) in [7, 11) is 0. The molecule has 1 amide bonds. The first-order valence-electron chi connectivity index (χ1n) is 6.56. The van der Waals surface area contributed by atoms with Crippen molar-refractivity contribution >= 4 is 11.6 Å². The minimum Gasteiger partial charge on any atom is -0.332 e. The molecule has 0 bridgehead atoms. The molecule has 1 aromatic carbocycles. The number of fused-ring (bicyclic) bond motifs is 3. The number of hydrogen-bond donors (Lipinski definition) is 1. The summed E-state index contributed by atoms with van der Waals surface area (Å²) >= 11 is 0. The van der Waals surface area contributed by atoms with Crippen molar-refractivity contribution in [2.24, 2.45) is 0 Å². The predicted molar refractivity (Wildman–Crippen MR) is 65.0 cm³/mol. The molecule has 2 fully saturated rings. The molecule has 0 aromatic heterocycles. The second-order valence-electron chi connectivity index (χ2n) is 5.21. The lowest BCUT2D eigenvalue weighted by Crippen LogP contribution is -2.36. The maximum absolute atomic E-state index is 12.2. The Morgan fingerprint density at radius 1 is 1.11 bits per heavy atom. The predicted octanol–water partition coefficient (Wildman–Crippen LogP) is 2.15. The second kappa shape index (κ2) is 3.56. The molecule has 4 heteroatoms. The van der Waals surface area contributed by atoms with Crippen LogP contribution in [0.1, 0.15) is 31.2 Å². The van der Waals surface area contributed by atoms with Gasteiger partial charge in [0.15, 0.2) is 0 Å². The Kier molecular flexibility index (Phi) is 2.08. The molecular formula is C14H15NO3. The van der Waals surface area contributed by atoms with Crippen molar-refractivity contribution in [3.05, 3.63) is 29.8 Å². The normalized spacial score (nSPS) is 32.1. The molecule has 2 aliphatic heterocycles. The lowest BCUT2D eigenvalue weighted by Gasteiger charge is -2.20. The van der Waals surface area contributed by atoms with Crippen LogP contribution in [0.3, 0.4) is 0 Å². The van der Waals surface area contributed by atoms with Crippen molar-refractivity contribution in [2.75, 3.05) is 5.32 Å². The van der Waals surface area contributed by atoms with E-state index in [1.165, 1.54) is 0 Å². The number of carbonyl (C=O) groups excluding carboxylic acids is 1. The summed E-state index contributed by atoms with van der Waals surface area (Å²) in [6.45, 7) is 0. The molecule has 4 nitrogen and oxygen atoms in total. The first-order valence-corrected chi connectivity index (χ1v) is 6.56. The summed E-state index contributed by atoms with van der Waals surface area (Å²) in [6, 6.07) is 7.61. The van der Waals surface area contributed by atoms with Crippen molar-refractivity contribution in [2.45, 2.75) is 43.7 Å². The number of ether oxygens (including phenoxy) is 2. The van der Waals surface area contributed by atoms with Crippen LogP contribution in [0.15, 0.2) is 24.3 Å². The van der Waals surface area contributed by atoms with Gasteiger partial charge in [0.05, 0.1) is 17.9 Å². The summed E-state index contributed by atoms with van der Waals surface area (Å²) < 4.78 is 12.0. The number of rotatable bonds is 0. The van der Waals surface area contributed by atoms with Gasteiger partial charge in [0.2, 0.25) is 0 Å². The average Bonchev–Trinajstić information content (AvgIpc) is 2.90. The quantitative estimate of drug-likeness (QED) is 0.761. The molecule has 1 saturated carbocycles. The third kappa shape index (κ3) is 1.25. The van der Waals surface area contributed by atoms with Crippen molar-refractivity contribution in [1.29, 1.82) is 0 Å². The molecule has 18 heavy (non-hydrogen) atoms. The van der Waals surface area contributed by atoms with Gasteiger partial charge < -0.3 is 14.8 Å². The van der Waals surface area contributed by atoms with E-state index in [1.54, 1.807) is 0 Å². The average molecular weight is 245 g/mol. The van der Waals surface area contributed by atoms with Gasteiger partial charge in [-0.15, -0.1) is 0 Å². The third-order valence-electron chi connectivity index (χ3n) is 4.11. The molecule has 1 spiro atoms. The summed E-state index contributed by atoms with van der Waals surface area (Å²) in [5.74, 6) is -1.37. The monoisotopic (exact) mass is 245 g/mol. The van der Waals surface area contributed by atoms with Crippen molar-refractivity contribution < 1.29 is 14.3 Å². The molecule has 3 aliphatic rings. The molecule has 94 valence electrons. The number of carbonyl (C=O) groups is 1. The second-order valence-corrected chi connectivity index (χ2v) is 5.21. The Balaban J connectivity index is 1.78. The Hall–Kier alpha value is -1.39. The van der Waals surface area contributed by atoms with E-state index in [4.69, 9.17) is 9.47 Å². The molecule has 1 aliphatic carbocycles. The molecule has 1 saturated heterocycles. The van der Waals surface area contributed by atoms with Gasteiger partial charge in [-0.1, -0.05) is 31.0 Å². The number of anilines is 1. The Morgan fingerprint density at radius 3 is 2.50 bits per heavy atom. The van der Waals surface area contributed by atoms with E-state index in [-0.39, 0.29) is 18.1 Å². The van der Waals surface area contributed by atoms with E-state index in [1.807, 2.05) is 24.3 Å². The number of benzene rings is 1. The van der Waals surface area contributed by atoms with Crippen LogP contribution >= 0.6 is 0 Å². The topological polar surface area (TPSA) is 47.6 Å². The Morgan fingerprint density at radius 2 is 1.78 bits per heavy atom. The van der Waals surface area contributed by atoms with Crippen LogP contribution in [-0.4, -0.2) is 18.1 Å². The molecule has 4 rings (SSSR count). The number of hydrogen-bond acceptors (Lipinski definition) is 3. The Labute approximate surface area is 105 Å². The lowest BCUT2D eigenvalue weighted by molar-refractivity contribution is -0.188. The van der Waals surface area contributed by atoms with E-state index in [0.29, 0.717) is 0 Å². The van der Waals surface area contributed by atoms with Gasteiger partial charge in [0, 0.05) is 5.56 Å². The fourth-order valence-corrected chi connectivity index (χ4v) is 3.23. The maximum atomic E-state index is 12.2. The minimum absolute atomic E-state index is 0.0654. The first kappa shape index (κ1) is 10.5. The molecule has 1 aromatic rings. The maximum Gasteiger partial charge on any atom is 0.289 e. The van der Waals surface area contributed by atoms with Gasteiger partial charge in [0.1, 0.15) is 0 Å². The molecular weight excluding hydrogens is 230 g/mol. The van der Waals surface area contributed by atoms with Gasteiger partial charge in [-0.2, -0.15) is 0 Å². The fraction of sp³-hybridized carbons (Fsp3) is 0.500. The zero-order valence-corrected chi connectivity index (χ0v) is 10.0. The van der Waals surface area contributed by atoms with Gasteiger partial charge >= 0.3 is 0 Å². The number of nitrogens with one attached hydrogen (secondary N) is 1. The summed E-state index contributed by atoms with van der Waals surface area (Å²) in [4.78, 5) is 12.2. The summed E-state index contributed by atoms with van der Waals surface area (Å²) in [5, 5.41) is 2.85. The van der Waals surface area contributed by atoms with Crippen molar-refractivity contribution in [3.63, 3.8) is 0 Å². The highest BCUT2D eigenvalue weighted by Gasteiger charge is 2.58. The molecule has 2 heterocycles. The van der Waals surface area contributed by atoms with E-state index in [9.17, 15) is 4.79 Å². The van der Waals surface area contributed by atoms with Crippen LogP contribution in [0.2, 0.25) is 0 Å². The van der Waals surface area contributed by atoms with Gasteiger partial charge in [-0.3, -0.25) is 4.79 Å². The zero-order valence-electron chi connectivity index (χ0n) is 10.0. The van der Waals surface area contributed by atoms with E-state index < -0.39 is 5.79 Å². The highest BCUT2D eigenvalue weighted by molar-refractivity contribution is 6.04. The van der Waals surface area contributed by atoms with Crippen LogP contribution in [0.4, 0.5) is 5.69 Å². The van der Waals surface area contributed by atoms with E-state index in [0.717, 1.165) is 36.9 Å². The lowest BCUT2D eigenvalue weighted by atomic mass is 9.95. The zero-order chi connectivity index (χ0) is 12.2. The molecule has 0 radical (unpaired) electrons. The number of amides is 1. The van der Waals surface area contributed by atoms with E-state index >= 15 is 0 Å². The number of para-hydroxylation sites is 1. The van der Waals surface area contributed by atoms with Crippen molar-refractivity contribution in [1.82, 2.24) is 0 Å². The third-order valence-corrected chi connectivity index (χ3v) is 4.11. The van der Waals surface area contributed by atoms with Crippen molar-refractivity contribution in [3.8, 4) is 0 Å². The molecule has 1 N–H and O–H groups in total. The van der Waals surface area contributed by atoms with Gasteiger partial charge in [0.25, 0.3) is 11.7 Å². The fourth-order valence-electron chi connectivity index (χ4n) is 3.23. The van der Waals surface area contributed by atoms with Crippen LogP contribution in [0, 0.1) is 0 Å². The minimum atomic E-state index is -1.18. The standard InChI is InChI=1S/C14H15NO3/c16-13-14(9-5-1-2-6-10(9)15-13)17-11-7-3-4-8-12(11)18-14/h1-2,5-6,11-12H,3-4,7-8H2,(H,15,16)/t11-,12-/m1/s1. The smallest absolute Gasteiger partial charge is 0.289 e.